The highest BCUT2D eigenvalue weighted by molar-refractivity contribution is 6.12. The standard InChI is InChI=1S/C22H21NO5/c1-3-8-20(24)27-18-12-11-15(14-19(18)26-4-2)13-17-22(25)28-21(23-17)16-9-6-5-7-10-16/h5-7,9-14H,3-4,8H2,1-2H3. The number of carbonyl (C=O) groups is 2. The lowest BCUT2D eigenvalue weighted by atomic mass is 10.1. The van der Waals surface area contributed by atoms with Crippen molar-refractivity contribution in [1.29, 1.82) is 0 Å². The van der Waals surface area contributed by atoms with Gasteiger partial charge in [-0.05, 0) is 49.2 Å². The maximum absolute atomic E-state index is 12.2. The molecule has 0 aliphatic carbocycles. The van der Waals surface area contributed by atoms with E-state index in [9.17, 15) is 9.59 Å². The molecule has 0 radical (unpaired) electrons. The molecular weight excluding hydrogens is 358 g/mol. The van der Waals surface area contributed by atoms with Gasteiger partial charge in [-0.1, -0.05) is 31.2 Å². The fourth-order valence-electron chi connectivity index (χ4n) is 2.62. The van der Waals surface area contributed by atoms with E-state index in [1.807, 2.05) is 44.2 Å². The average molecular weight is 379 g/mol. The van der Waals surface area contributed by atoms with Crippen molar-refractivity contribution in [2.75, 3.05) is 6.61 Å². The van der Waals surface area contributed by atoms with Crippen molar-refractivity contribution in [2.45, 2.75) is 26.7 Å². The van der Waals surface area contributed by atoms with Crippen LogP contribution in [0, 0.1) is 0 Å². The van der Waals surface area contributed by atoms with E-state index >= 15 is 0 Å². The summed E-state index contributed by atoms with van der Waals surface area (Å²) in [5, 5.41) is 0. The summed E-state index contributed by atoms with van der Waals surface area (Å²) in [7, 11) is 0. The number of ether oxygens (including phenoxy) is 3. The second-order valence-electron chi connectivity index (χ2n) is 6.07. The fourth-order valence-corrected chi connectivity index (χ4v) is 2.62. The van der Waals surface area contributed by atoms with Crippen LogP contribution in [0.2, 0.25) is 0 Å². The van der Waals surface area contributed by atoms with Crippen molar-refractivity contribution in [3.63, 3.8) is 0 Å². The number of hydrogen-bond donors (Lipinski definition) is 0. The monoisotopic (exact) mass is 379 g/mol. The molecular formula is C22H21NO5. The van der Waals surface area contributed by atoms with Crippen molar-refractivity contribution in [2.24, 2.45) is 4.99 Å². The highest BCUT2D eigenvalue weighted by atomic mass is 16.6. The molecule has 0 saturated heterocycles. The summed E-state index contributed by atoms with van der Waals surface area (Å²) < 4.78 is 16.2. The smallest absolute Gasteiger partial charge is 0.363 e. The third-order valence-electron chi connectivity index (χ3n) is 3.89. The zero-order chi connectivity index (χ0) is 19.9. The lowest BCUT2D eigenvalue weighted by molar-refractivity contribution is -0.134. The van der Waals surface area contributed by atoms with Gasteiger partial charge in [-0.3, -0.25) is 4.79 Å². The summed E-state index contributed by atoms with van der Waals surface area (Å²) in [5.41, 5.74) is 1.60. The topological polar surface area (TPSA) is 74.2 Å². The molecule has 1 aliphatic heterocycles. The van der Waals surface area contributed by atoms with Gasteiger partial charge in [0.15, 0.2) is 17.2 Å². The Bertz CT molecular complexity index is 931. The van der Waals surface area contributed by atoms with Gasteiger partial charge in [0.05, 0.1) is 6.61 Å². The Labute approximate surface area is 163 Å². The first-order chi connectivity index (χ1) is 13.6. The van der Waals surface area contributed by atoms with Crippen LogP contribution in [-0.2, 0) is 14.3 Å². The van der Waals surface area contributed by atoms with Crippen LogP contribution in [0.3, 0.4) is 0 Å². The minimum absolute atomic E-state index is 0.192. The largest absolute Gasteiger partial charge is 0.490 e. The number of esters is 2. The molecule has 0 fully saturated rings. The minimum atomic E-state index is -0.518. The Hall–Kier alpha value is -3.41. The van der Waals surface area contributed by atoms with E-state index in [2.05, 4.69) is 4.99 Å². The zero-order valence-electron chi connectivity index (χ0n) is 15.8. The Morgan fingerprint density at radius 3 is 2.61 bits per heavy atom. The van der Waals surface area contributed by atoms with Crippen LogP contribution >= 0.6 is 0 Å². The Morgan fingerprint density at radius 1 is 1.11 bits per heavy atom. The SMILES string of the molecule is CCCC(=O)Oc1ccc(C=C2N=C(c3ccccc3)OC2=O)cc1OCC. The normalized spacial score (nSPS) is 14.6. The van der Waals surface area contributed by atoms with Crippen molar-refractivity contribution in [1.82, 2.24) is 0 Å². The molecule has 0 N–H and O–H groups in total. The molecule has 0 saturated carbocycles. The second-order valence-corrected chi connectivity index (χ2v) is 6.07. The molecule has 0 spiro atoms. The van der Waals surface area contributed by atoms with Gasteiger partial charge in [0.2, 0.25) is 5.90 Å². The van der Waals surface area contributed by atoms with Crippen LogP contribution < -0.4 is 9.47 Å². The van der Waals surface area contributed by atoms with E-state index in [4.69, 9.17) is 14.2 Å². The number of rotatable bonds is 7. The molecule has 2 aromatic rings. The molecule has 0 unspecified atom stereocenters. The Balaban J connectivity index is 1.87. The van der Waals surface area contributed by atoms with E-state index in [1.54, 1.807) is 24.3 Å². The van der Waals surface area contributed by atoms with Gasteiger partial charge in [0, 0.05) is 12.0 Å². The van der Waals surface area contributed by atoms with Crippen LogP contribution in [0.1, 0.15) is 37.8 Å². The van der Waals surface area contributed by atoms with Gasteiger partial charge >= 0.3 is 11.9 Å². The lowest BCUT2D eigenvalue weighted by Crippen LogP contribution is -2.08. The van der Waals surface area contributed by atoms with E-state index in [0.29, 0.717) is 36.5 Å². The van der Waals surface area contributed by atoms with Gasteiger partial charge in [0.25, 0.3) is 0 Å². The van der Waals surface area contributed by atoms with Crippen LogP contribution in [0.15, 0.2) is 59.2 Å². The molecule has 1 aliphatic rings. The molecule has 6 heteroatoms. The van der Waals surface area contributed by atoms with E-state index < -0.39 is 5.97 Å². The Kier molecular flexibility index (Phi) is 6.22. The first-order valence-corrected chi connectivity index (χ1v) is 9.16. The minimum Gasteiger partial charge on any atom is -0.490 e. The molecule has 0 aromatic heterocycles. The van der Waals surface area contributed by atoms with Crippen molar-refractivity contribution >= 4 is 23.9 Å². The third-order valence-corrected chi connectivity index (χ3v) is 3.89. The van der Waals surface area contributed by atoms with Crippen molar-refractivity contribution < 1.29 is 23.8 Å². The summed E-state index contributed by atoms with van der Waals surface area (Å²) in [6, 6.07) is 14.3. The van der Waals surface area contributed by atoms with Crippen LogP contribution in [0.5, 0.6) is 11.5 Å². The molecule has 144 valence electrons. The number of cyclic esters (lactones) is 1. The second kappa shape index (κ2) is 8.99. The predicted molar refractivity (Wildman–Crippen MR) is 105 cm³/mol. The first-order valence-electron chi connectivity index (χ1n) is 9.16. The van der Waals surface area contributed by atoms with E-state index in [1.165, 1.54) is 0 Å². The molecule has 0 atom stereocenters. The predicted octanol–water partition coefficient (Wildman–Crippen LogP) is 4.14. The summed E-state index contributed by atoms with van der Waals surface area (Å²) in [4.78, 5) is 28.2. The highest BCUT2D eigenvalue weighted by Gasteiger charge is 2.24. The van der Waals surface area contributed by atoms with Crippen molar-refractivity contribution in [3.05, 3.63) is 65.4 Å². The van der Waals surface area contributed by atoms with Gasteiger partial charge in [-0.2, -0.15) is 0 Å². The fraction of sp³-hybridized carbons (Fsp3) is 0.227. The number of aliphatic imine (C=N–C) groups is 1. The quantitative estimate of drug-likeness (QED) is 0.411. The maximum atomic E-state index is 12.2. The molecule has 0 amide bonds. The van der Waals surface area contributed by atoms with Gasteiger partial charge in [-0.15, -0.1) is 0 Å². The van der Waals surface area contributed by atoms with Gasteiger partial charge in [0.1, 0.15) is 0 Å². The summed E-state index contributed by atoms with van der Waals surface area (Å²) in [6.45, 7) is 4.16. The molecule has 28 heavy (non-hydrogen) atoms. The van der Waals surface area contributed by atoms with Gasteiger partial charge < -0.3 is 14.2 Å². The van der Waals surface area contributed by atoms with Crippen LogP contribution in [0.25, 0.3) is 6.08 Å². The number of hydrogen-bond acceptors (Lipinski definition) is 6. The van der Waals surface area contributed by atoms with E-state index in [0.717, 1.165) is 5.56 Å². The first kappa shape index (κ1) is 19.4. The lowest BCUT2D eigenvalue weighted by Gasteiger charge is -2.11. The molecule has 2 aromatic carbocycles. The number of benzene rings is 2. The maximum Gasteiger partial charge on any atom is 0.363 e. The zero-order valence-corrected chi connectivity index (χ0v) is 15.8. The van der Waals surface area contributed by atoms with Crippen LogP contribution in [0.4, 0.5) is 0 Å². The molecule has 3 rings (SSSR count). The molecule has 0 bridgehead atoms. The molecule has 6 nitrogen and oxygen atoms in total. The summed E-state index contributed by atoms with van der Waals surface area (Å²) in [6.07, 6.45) is 2.65. The highest BCUT2D eigenvalue weighted by Crippen LogP contribution is 2.30. The van der Waals surface area contributed by atoms with Crippen molar-refractivity contribution in [3.8, 4) is 11.5 Å². The van der Waals surface area contributed by atoms with E-state index in [-0.39, 0.29) is 17.6 Å². The summed E-state index contributed by atoms with van der Waals surface area (Å²) >= 11 is 0. The Morgan fingerprint density at radius 2 is 1.89 bits per heavy atom. The van der Waals surface area contributed by atoms with Gasteiger partial charge in [-0.25, -0.2) is 9.79 Å². The number of carbonyl (C=O) groups excluding carboxylic acids is 2. The average Bonchev–Trinajstić information content (AvgIpc) is 3.05. The summed E-state index contributed by atoms with van der Waals surface area (Å²) in [5.74, 6) is 0.221. The number of nitrogens with zero attached hydrogens (tertiary/aromatic N) is 1. The van der Waals surface area contributed by atoms with Crippen LogP contribution in [-0.4, -0.2) is 24.4 Å². The third kappa shape index (κ3) is 4.65. The molecule has 1 heterocycles.